The predicted octanol–water partition coefficient (Wildman–Crippen LogP) is 1.99. The first-order valence-corrected chi connectivity index (χ1v) is 6.80. The minimum absolute atomic E-state index is 0.291. The normalized spacial score (nSPS) is 18.6. The Morgan fingerprint density at radius 2 is 1.94 bits per heavy atom. The van der Waals surface area contributed by atoms with Crippen molar-refractivity contribution in [2.45, 2.75) is 4.90 Å². The van der Waals surface area contributed by atoms with Gasteiger partial charge in [-0.15, -0.1) is 0 Å². The molecule has 0 aromatic heterocycles. The summed E-state index contributed by atoms with van der Waals surface area (Å²) in [5.41, 5.74) is 0.645. The first kappa shape index (κ1) is 11.5. The van der Waals surface area contributed by atoms with Gasteiger partial charge in [-0.2, -0.15) is 0 Å². The van der Waals surface area contributed by atoms with E-state index in [1.807, 2.05) is 6.07 Å². The Bertz CT molecular complexity index is 568. The minimum Gasteiger partial charge on any atom is -0.330 e. The van der Waals surface area contributed by atoms with Crippen LogP contribution in [0.25, 0.3) is 0 Å². The van der Waals surface area contributed by atoms with Crippen molar-refractivity contribution in [1.29, 1.82) is 0 Å². The largest absolute Gasteiger partial charge is 0.330 e. The Morgan fingerprint density at radius 3 is 2.56 bits per heavy atom. The summed E-state index contributed by atoms with van der Waals surface area (Å²) in [6, 6.07) is 5.17. The van der Waals surface area contributed by atoms with Crippen molar-refractivity contribution in [3.63, 3.8) is 0 Å². The lowest BCUT2D eigenvalue weighted by atomic mass is 10.3. The number of hydrogen-bond acceptors (Lipinski definition) is 3. The van der Waals surface area contributed by atoms with Crippen LogP contribution < -0.4 is 4.90 Å². The summed E-state index contributed by atoms with van der Waals surface area (Å²) in [5, 5.41) is 0. The molecule has 0 saturated heterocycles. The van der Waals surface area contributed by atoms with Crippen molar-refractivity contribution in [2.75, 3.05) is 19.0 Å². The number of sulfonamides is 1. The molecule has 0 saturated carbocycles. The lowest BCUT2D eigenvalue weighted by Gasteiger charge is -2.36. The van der Waals surface area contributed by atoms with Crippen LogP contribution in [0.15, 0.2) is 40.0 Å². The molecule has 16 heavy (non-hydrogen) atoms. The number of nitrogens with zero attached hydrogens (tertiary/aromatic N) is 2. The van der Waals surface area contributed by atoms with Crippen LogP contribution in [0.2, 0.25) is 0 Å². The highest BCUT2D eigenvalue weighted by Crippen LogP contribution is 2.37. The van der Waals surface area contributed by atoms with E-state index in [2.05, 4.69) is 22.5 Å². The molecule has 86 valence electrons. The number of halogens is 1. The fourth-order valence-electron chi connectivity index (χ4n) is 1.61. The third-order valence-electron chi connectivity index (χ3n) is 2.67. The maximum absolute atomic E-state index is 12.1. The third-order valence-corrected chi connectivity index (χ3v) is 4.98. The van der Waals surface area contributed by atoms with Gasteiger partial charge in [-0.1, -0.05) is 22.5 Å². The molecule has 0 atom stereocenters. The average Bonchev–Trinajstić information content (AvgIpc) is 2.24. The molecule has 1 aliphatic heterocycles. The molecule has 0 amide bonds. The SMILES string of the molecule is C=C1N(C)c2ccc(Br)cc2S(=O)(=O)N1C. The zero-order valence-corrected chi connectivity index (χ0v) is 11.3. The smallest absolute Gasteiger partial charge is 0.267 e. The molecule has 0 fully saturated rings. The summed E-state index contributed by atoms with van der Waals surface area (Å²) in [6.45, 7) is 3.75. The van der Waals surface area contributed by atoms with Gasteiger partial charge in [0.15, 0.2) is 0 Å². The van der Waals surface area contributed by atoms with E-state index < -0.39 is 10.0 Å². The zero-order valence-electron chi connectivity index (χ0n) is 8.94. The molecule has 6 heteroatoms. The van der Waals surface area contributed by atoms with Gasteiger partial charge in [0.2, 0.25) is 0 Å². The van der Waals surface area contributed by atoms with Gasteiger partial charge < -0.3 is 4.90 Å². The lowest BCUT2D eigenvalue weighted by molar-refractivity contribution is 0.509. The van der Waals surface area contributed by atoms with E-state index in [0.717, 1.165) is 4.47 Å². The first-order valence-electron chi connectivity index (χ1n) is 4.57. The summed E-state index contributed by atoms with van der Waals surface area (Å²) in [5.74, 6) is 0.440. The van der Waals surface area contributed by atoms with Crippen molar-refractivity contribution in [3.05, 3.63) is 35.1 Å². The molecule has 0 N–H and O–H groups in total. The second-order valence-electron chi connectivity index (χ2n) is 3.56. The van der Waals surface area contributed by atoms with Gasteiger partial charge in [-0.25, -0.2) is 8.42 Å². The Morgan fingerprint density at radius 1 is 1.31 bits per heavy atom. The predicted molar refractivity (Wildman–Crippen MR) is 66.6 cm³/mol. The number of fused-ring (bicyclic) bond motifs is 1. The number of benzene rings is 1. The van der Waals surface area contributed by atoms with Crippen molar-refractivity contribution < 1.29 is 8.42 Å². The van der Waals surface area contributed by atoms with E-state index in [1.165, 1.54) is 11.4 Å². The van der Waals surface area contributed by atoms with Gasteiger partial charge in [-0.05, 0) is 18.2 Å². The van der Waals surface area contributed by atoms with E-state index in [4.69, 9.17) is 0 Å². The van der Waals surface area contributed by atoms with Crippen LogP contribution in [0.4, 0.5) is 5.69 Å². The van der Waals surface area contributed by atoms with Crippen LogP contribution in [-0.4, -0.2) is 26.8 Å². The van der Waals surface area contributed by atoms with Crippen molar-refractivity contribution in [2.24, 2.45) is 0 Å². The molecule has 1 aromatic carbocycles. The molecule has 0 spiro atoms. The monoisotopic (exact) mass is 302 g/mol. The second kappa shape index (κ2) is 3.49. The van der Waals surface area contributed by atoms with E-state index >= 15 is 0 Å². The van der Waals surface area contributed by atoms with E-state index in [0.29, 0.717) is 16.4 Å². The Labute approximate surface area is 103 Å². The Kier molecular flexibility index (Phi) is 2.51. The maximum Gasteiger partial charge on any atom is 0.267 e. The topological polar surface area (TPSA) is 40.6 Å². The summed E-state index contributed by atoms with van der Waals surface area (Å²) in [7, 11) is -0.173. The van der Waals surface area contributed by atoms with Crippen LogP contribution >= 0.6 is 15.9 Å². The van der Waals surface area contributed by atoms with E-state index in [-0.39, 0.29) is 0 Å². The second-order valence-corrected chi connectivity index (χ2v) is 6.41. The zero-order chi connectivity index (χ0) is 12.1. The summed E-state index contributed by atoms with van der Waals surface area (Å²) < 4.78 is 26.2. The van der Waals surface area contributed by atoms with Gasteiger partial charge in [0.1, 0.15) is 10.7 Å². The molecule has 0 bridgehead atoms. The summed E-state index contributed by atoms with van der Waals surface area (Å²) in [6.07, 6.45) is 0. The molecular weight excluding hydrogens is 292 g/mol. The highest BCUT2D eigenvalue weighted by atomic mass is 79.9. The van der Waals surface area contributed by atoms with Crippen LogP contribution in [0.5, 0.6) is 0 Å². The molecule has 1 aromatic rings. The molecule has 0 aliphatic carbocycles. The van der Waals surface area contributed by atoms with Gasteiger partial charge in [0, 0.05) is 18.6 Å². The van der Waals surface area contributed by atoms with Crippen molar-refractivity contribution in [3.8, 4) is 0 Å². The number of anilines is 1. The van der Waals surface area contributed by atoms with E-state index in [9.17, 15) is 8.42 Å². The first-order chi connectivity index (χ1) is 7.35. The average molecular weight is 303 g/mol. The molecule has 0 unspecified atom stereocenters. The van der Waals surface area contributed by atoms with E-state index in [1.54, 1.807) is 24.1 Å². The van der Waals surface area contributed by atoms with Crippen LogP contribution in [0, 0.1) is 0 Å². The molecule has 2 rings (SSSR count). The maximum atomic E-state index is 12.1. The number of hydrogen-bond donors (Lipinski definition) is 0. The molecule has 1 aliphatic rings. The summed E-state index contributed by atoms with van der Waals surface area (Å²) in [4.78, 5) is 2.04. The Balaban J connectivity index is 2.79. The van der Waals surface area contributed by atoms with Crippen LogP contribution in [0.3, 0.4) is 0 Å². The molecule has 4 nitrogen and oxygen atoms in total. The standard InChI is InChI=1S/C10H11BrN2O2S/c1-7-12(2)9-5-4-8(11)6-10(9)16(14,15)13(7)3/h4-6H,1H2,2-3H3. The van der Waals surface area contributed by atoms with Gasteiger partial charge in [-0.3, -0.25) is 4.31 Å². The van der Waals surface area contributed by atoms with Crippen molar-refractivity contribution in [1.82, 2.24) is 4.31 Å². The summed E-state index contributed by atoms with van der Waals surface area (Å²) >= 11 is 3.27. The Hall–Kier alpha value is -1.01. The van der Waals surface area contributed by atoms with Crippen molar-refractivity contribution >= 4 is 31.6 Å². The number of rotatable bonds is 0. The third kappa shape index (κ3) is 1.44. The fourth-order valence-corrected chi connectivity index (χ4v) is 3.56. The fraction of sp³-hybridized carbons (Fsp3) is 0.200. The quantitative estimate of drug-likeness (QED) is 0.736. The van der Waals surface area contributed by atoms with Crippen LogP contribution in [-0.2, 0) is 10.0 Å². The minimum atomic E-state index is -3.46. The molecular formula is C10H11BrN2O2S. The van der Waals surface area contributed by atoms with Crippen LogP contribution in [0.1, 0.15) is 0 Å². The van der Waals surface area contributed by atoms with Gasteiger partial charge in [0.05, 0.1) is 5.69 Å². The molecule has 1 heterocycles. The van der Waals surface area contributed by atoms with Gasteiger partial charge in [0.25, 0.3) is 10.0 Å². The molecule has 0 radical (unpaired) electrons. The lowest BCUT2D eigenvalue weighted by Crippen LogP contribution is -2.39. The van der Waals surface area contributed by atoms with Gasteiger partial charge >= 0.3 is 0 Å². The highest BCUT2D eigenvalue weighted by Gasteiger charge is 2.33. The highest BCUT2D eigenvalue weighted by molar-refractivity contribution is 9.10.